The lowest BCUT2D eigenvalue weighted by Crippen LogP contribution is -2.45. The molecule has 0 aliphatic carbocycles. The van der Waals surface area contributed by atoms with Crippen molar-refractivity contribution in [3.63, 3.8) is 0 Å². The Balaban J connectivity index is 1.66. The summed E-state index contributed by atoms with van der Waals surface area (Å²) in [6, 6.07) is 0. The van der Waals surface area contributed by atoms with Gasteiger partial charge in [0, 0.05) is 32.5 Å². The molecule has 7 nitrogen and oxygen atoms in total. The number of hydrogen-bond donors (Lipinski definition) is 1. The molecule has 1 amide bonds. The molecule has 1 aliphatic heterocycles. The molecule has 23 heavy (non-hydrogen) atoms. The highest BCUT2D eigenvalue weighted by molar-refractivity contribution is 7.11. The summed E-state index contributed by atoms with van der Waals surface area (Å²) in [5.41, 5.74) is 1.45. The fourth-order valence-electron chi connectivity index (χ4n) is 2.83. The van der Waals surface area contributed by atoms with E-state index >= 15 is 0 Å². The van der Waals surface area contributed by atoms with Crippen molar-refractivity contribution < 1.29 is 9.90 Å². The fourth-order valence-corrected chi connectivity index (χ4v) is 3.63. The number of hydrogen-bond acceptors (Lipinski definition) is 7. The van der Waals surface area contributed by atoms with Gasteiger partial charge in [-0.05, 0) is 13.3 Å². The molecule has 0 bridgehead atoms. The first kappa shape index (κ1) is 15.8. The molecule has 1 saturated heterocycles. The first-order valence-electron chi connectivity index (χ1n) is 7.37. The zero-order chi connectivity index (χ0) is 16.4. The van der Waals surface area contributed by atoms with Gasteiger partial charge >= 0.3 is 0 Å². The Labute approximate surface area is 138 Å². The maximum Gasteiger partial charge on any atom is 0.265 e. The number of nitrogens with zero attached hydrogens (tertiary/aromatic N) is 5. The van der Waals surface area contributed by atoms with E-state index in [4.69, 9.17) is 0 Å². The van der Waals surface area contributed by atoms with E-state index in [0.29, 0.717) is 24.4 Å². The molecule has 8 heteroatoms. The minimum absolute atomic E-state index is 0.101. The van der Waals surface area contributed by atoms with E-state index in [9.17, 15) is 9.90 Å². The number of rotatable bonds is 4. The second-order valence-corrected chi connectivity index (χ2v) is 6.74. The number of carbonyl (C=O) groups excluding carboxylic acids is 1. The third-order valence-electron chi connectivity index (χ3n) is 4.02. The van der Waals surface area contributed by atoms with Gasteiger partial charge in [-0.3, -0.25) is 9.78 Å². The van der Waals surface area contributed by atoms with E-state index < -0.39 is 5.60 Å². The molecule has 2 aromatic heterocycles. The van der Waals surface area contributed by atoms with Gasteiger partial charge in [-0.15, -0.1) is 11.3 Å². The molecule has 2 aromatic rings. The molecule has 3 heterocycles. The van der Waals surface area contributed by atoms with Crippen LogP contribution in [0.15, 0.2) is 24.1 Å². The van der Waals surface area contributed by atoms with Gasteiger partial charge in [0.2, 0.25) is 0 Å². The Bertz CT molecular complexity index is 692. The van der Waals surface area contributed by atoms with Gasteiger partial charge in [0.05, 0.1) is 23.9 Å². The van der Waals surface area contributed by atoms with Crippen LogP contribution in [0.2, 0.25) is 0 Å². The van der Waals surface area contributed by atoms with E-state index in [-0.39, 0.29) is 12.5 Å². The second kappa shape index (κ2) is 6.21. The van der Waals surface area contributed by atoms with Crippen molar-refractivity contribution in [3.8, 4) is 0 Å². The number of anilines is 1. The number of carbonyl (C=O) groups is 1. The number of aryl methyl sites for hydroxylation is 1. The zero-order valence-corrected chi connectivity index (χ0v) is 14.0. The molecule has 0 saturated carbocycles. The van der Waals surface area contributed by atoms with Crippen LogP contribution in [-0.4, -0.2) is 63.1 Å². The molecule has 122 valence electrons. The Kier molecular flexibility index (Phi) is 4.27. The molecule has 0 aromatic carbocycles. The van der Waals surface area contributed by atoms with Crippen LogP contribution in [0.4, 0.5) is 5.82 Å². The van der Waals surface area contributed by atoms with Crippen LogP contribution in [0.5, 0.6) is 0 Å². The molecule has 1 unspecified atom stereocenters. The summed E-state index contributed by atoms with van der Waals surface area (Å²) in [6.07, 6.45) is 5.52. The molecule has 1 fully saturated rings. The standard InChI is InChI=1S/C15H19N5O2S/c1-11-13(23-10-18-11)14(21)19(2)8-15(22)3-6-20(9-15)12-7-16-4-5-17-12/h4-5,7,10,22H,3,6,8-9H2,1-2H3. The normalized spacial score (nSPS) is 20.7. The van der Waals surface area contributed by atoms with Crippen molar-refractivity contribution >= 4 is 23.1 Å². The van der Waals surface area contributed by atoms with Crippen LogP contribution in [0.3, 0.4) is 0 Å². The SMILES string of the molecule is Cc1ncsc1C(=O)N(C)CC1(O)CCN(c2cnccn2)C1. The van der Waals surface area contributed by atoms with Crippen LogP contribution in [0.1, 0.15) is 21.8 Å². The topological polar surface area (TPSA) is 82.5 Å². The third kappa shape index (κ3) is 3.32. The zero-order valence-electron chi connectivity index (χ0n) is 13.1. The van der Waals surface area contributed by atoms with Crippen molar-refractivity contribution in [1.82, 2.24) is 19.9 Å². The Morgan fingerprint density at radius 1 is 1.48 bits per heavy atom. The van der Waals surface area contributed by atoms with Gasteiger partial charge in [-0.2, -0.15) is 0 Å². The predicted molar refractivity (Wildman–Crippen MR) is 87.6 cm³/mol. The number of amides is 1. The van der Waals surface area contributed by atoms with E-state index in [1.807, 2.05) is 11.8 Å². The highest BCUT2D eigenvalue weighted by Crippen LogP contribution is 2.26. The fraction of sp³-hybridized carbons (Fsp3) is 0.467. The summed E-state index contributed by atoms with van der Waals surface area (Å²) < 4.78 is 0. The third-order valence-corrected chi connectivity index (χ3v) is 4.94. The van der Waals surface area contributed by atoms with Crippen molar-refractivity contribution in [1.29, 1.82) is 0 Å². The summed E-state index contributed by atoms with van der Waals surface area (Å²) in [5.74, 6) is 0.645. The molecule has 1 aliphatic rings. The lowest BCUT2D eigenvalue weighted by atomic mass is 10.0. The average molecular weight is 333 g/mol. The molecule has 0 spiro atoms. The molecule has 1 N–H and O–H groups in total. The quantitative estimate of drug-likeness (QED) is 0.897. The predicted octanol–water partition coefficient (Wildman–Crippen LogP) is 0.955. The summed E-state index contributed by atoms with van der Waals surface area (Å²) in [6.45, 7) is 3.22. The molecular formula is C15H19N5O2S. The maximum absolute atomic E-state index is 12.5. The van der Waals surface area contributed by atoms with E-state index in [2.05, 4.69) is 15.0 Å². The van der Waals surface area contributed by atoms with E-state index in [0.717, 1.165) is 11.5 Å². The van der Waals surface area contributed by atoms with Gasteiger partial charge in [0.25, 0.3) is 5.91 Å². The summed E-state index contributed by atoms with van der Waals surface area (Å²) in [7, 11) is 1.71. The number of likely N-dealkylation sites (N-methyl/N-ethyl adjacent to an activating group) is 1. The molecule has 0 radical (unpaired) electrons. The average Bonchev–Trinajstić information content (AvgIpc) is 3.13. The first-order chi connectivity index (χ1) is 11.0. The lowest BCUT2D eigenvalue weighted by molar-refractivity contribution is 0.0266. The Hall–Kier alpha value is -2.06. The van der Waals surface area contributed by atoms with Crippen LogP contribution in [0, 0.1) is 6.92 Å². The van der Waals surface area contributed by atoms with Gasteiger partial charge in [-0.25, -0.2) is 9.97 Å². The van der Waals surface area contributed by atoms with Crippen LogP contribution < -0.4 is 4.90 Å². The lowest BCUT2D eigenvalue weighted by Gasteiger charge is -2.29. The van der Waals surface area contributed by atoms with E-state index in [1.165, 1.54) is 11.3 Å². The van der Waals surface area contributed by atoms with Crippen molar-refractivity contribution in [2.24, 2.45) is 0 Å². The Morgan fingerprint density at radius 2 is 2.30 bits per heavy atom. The summed E-state index contributed by atoms with van der Waals surface area (Å²) in [4.78, 5) is 29.1. The number of β-amino-alcohol motifs (C(OH)–C–C–N with tert-alkyl or cyclic N) is 1. The summed E-state index contributed by atoms with van der Waals surface area (Å²) in [5, 5.41) is 10.8. The van der Waals surface area contributed by atoms with Gasteiger partial charge < -0.3 is 14.9 Å². The minimum Gasteiger partial charge on any atom is -0.386 e. The van der Waals surface area contributed by atoms with Crippen LogP contribution >= 0.6 is 11.3 Å². The largest absolute Gasteiger partial charge is 0.386 e. The number of thiazole rings is 1. The highest BCUT2D eigenvalue weighted by Gasteiger charge is 2.38. The van der Waals surface area contributed by atoms with Gasteiger partial charge in [0.15, 0.2) is 0 Å². The van der Waals surface area contributed by atoms with Crippen LogP contribution in [-0.2, 0) is 0 Å². The Morgan fingerprint density at radius 3 is 2.96 bits per heavy atom. The number of aliphatic hydroxyl groups is 1. The monoisotopic (exact) mass is 333 g/mol. The van der Waals surface area contributed by atoms with E-state index in [1.54, 1.807) is 36.0 Å². The van der Waals surface area contributed by atoms with Crippen molar-refractivity contribution in [2.75, 3.05) is 31.6 Å². The smallest absolute Gasteiger partial charge is 0.265 e. The second-order valence-electron chi connectivity index (χ2n) is 5.89. The minimum atomic E-state index is -0.944. The maximum atomic E-state index is 12.5. The van der Waals surface area contributed by atoms with Gasteiger partial charge in [-0.1, -0.05) is 0 Å². The molecular weight excluding hydrogens is 314 g/mol. The first-order valence-corrected chi connectivity index (χ1v) is 8.25. The summed E-state index contributed by atoms with van der Waals surface area (Å²) >= 11 is 1.33. The van der Waals surface area contributed by atoms with Gasteiger partial charge in [0.1, 0.15) is 16.3 Å². The molecule has 1 atom stereocenters. The van der Waals surface area contributed by atoms with Crippen LogP contribution in [0.25, 0.3) is 0 Å². The van der Waals surface area contributed by atoms with Crippen molar-refractivity contribution in [2.45, 2.75) is 18.9 Å². The number of aromatic nitrogens is 3. The molecule has 3 rings (SSSR count). The highest BCUT2D eigenvalue weighted by atomic mass is 32.1. The van der Waals surface area contributed by atoms with Crippen molar-refractivity contribution in [3.05, 3.63) is 34.7 Å².